The molecule has 0 unspecified atom stereocenters. The maximum atomic E-state index is 13.0. The van der Waals surface area contributed by atoms with Gasteiger partial charge in [0.2, 0.25) is 0 Å². The molecule has 4 rings (SSSR count). The number of ether oxygens (including phenoxy) is 2. The standard InChI is InChI=1S/C26H24BrN3O3/c1-4-25-29-22-10-9-20(27)14-21(22)26(31)30(25)28-15-18-8-11-23(24(13-18)32-3)33-16-19-7-5-6-17(2)12-19/h5-15H,4,16H2,1-3H3. The number of hydrogen-bond acceptors (Lipinski definition) is 5. The molecular formula is C26H24BrN3O3. The van der Waals surface area contributed by atoms with E-state index in [1.165, 1.54) is 10.2 Å². The molecule has 0 aliphatic rings. The van der Waals surface area contributed by atoms with Crippen LogP contribution in [0.2, 0.25) is 0 Å². The van der Waals surface area contributed by atoms with Crippen molar-refractivity contribution in [2.24, 2.45) is 5.10 Å². The lowest BCUT2D eigenvalue weighted by Gasteiger charge is -2.12. The molecule has 33 heavy (non-hydrogen) atoms. The van der Waals surface area contributed by atoms with Crippen LogP contribution in [-0.4, -0.2) is 23.0 Å². The molecule has 0 radical (unpaired) electrons. The summed E-state index contributed by atoms with van der Waals surface area (Å²) in [5.41, 5.74) is 3.50. The third-order valence-electron chi connectivity index (χ3n) is 5.18. The van der Waals surface area contributed by atoms with Crippen LogP contribution in [0.1, 0.15) is 29.4 Å². The highest BCUT2D eigenvalue weighted by Gasteiger charge is 2.10. The second-order valence-corrected chi connectivity index (χ2v) is 8.51. The zero-order chi connectivity index (χ0) is 23.4. The minimum absolute atomic E-state index is 0.209. The summed E-state index contributed by atoms with van der Waals surface area (Å²) < 4.78 is 13.6. The van der Waals surface area contributed by atoms with Gasteiger partial charge in [0.25, 0.3) is 5.56 Å². The molecule has 1 aromatic heterocycles. The molecule has 0 saturated heterocycles. The van der Waals surface area contributed by atoms with Crippen molar-refractivity contribution >= 4 is 33.0 Å². The van der Waals surface area contributed by atoms with E-state index >= 15 is 0 Å². The van der Waals surface area contributed by atoms with Crippen LogP contribution in [0.3, 0.4) is 0 Å². The molecular weight excluding hydrogens is 482 g/mol. The Balaban J connectivity index is 1.61. The van der Waals surface area contributed by atoms with Crippen LogP contribution in [0.25, 0.3) is 10.9 Å². The highest BCUT2D eigenvalue weighted by molar-refractivity contribution is 9.10. The van der Waals surface area contributed by atoms with Crippen molar-refractivity contribution in [3.8, 4) is 11.5 Å². The number of halogens is 1. The van der Waals surface area contributed by atoms with Gasteiger partial charge in [-0.2, -0.15) is 9.78 Å². The number of nitrogens with zero attached hydrogens (tertiary/aromatic N) is 3. The van der Waals surface area contributed by atoms with E-state index in [4.69, 9.17) is 9.47 Å². The monoisotopic (exact) mass is 505 g/mol. The lowest BCUT2D eigenvalue weighted by Crippen LogP contribution is -2.22. The number of benzene rings is 3. The van der Waals surface area contributed by atoms with E-state index in [0.717, 1.165) is 15.6 Å². The Hall–Kier alpha value is -3.45. The van der Waals surface area contributed by atoms with E-state index in [1.807, 2.05) is 49.4 Å². The number of aryl methyl sites for hydroxylation is 2. The summed E-state index contributed by atoms with van der Waals surface area (Å²) in [7, 11) is 1.60. The van der Waals surface area contributed by atoms with E-state index in [1.54, 1.807) is 19.4 Å². The fraction of sp³-hybridized carbons (Fsp3) is 0.192. The molecule has 0 aliphatic heterocycles. The van der Waals surface area contributed by atoms with Gasteiger partial charge in [0, 0.05) is 10.9 Å². The average molecular weight is 506 g/mol. The normalized spacial score (nSPS) is 11.3. The minimum Gasteiger partial charge on any atom is -0.493 e. The van der Waals surface area contributed by atoms with Crippen molar-refractivity contribution in [2.75, 3.05) is 7.11 Å². The maximum absolute atomic E-state index is 13.0. The predicted molar refractivity (Wildman–Crippen MR) is 135 cm³/mol. The van der Waals surface area contributed by atoms with Gasteiger partial charge in [-0.3, -0.25) is 4.79 Å². The third kappa shape index (κ3) is 5.14. The maximum Gasteiger partial charge on any atom is 0.282 e. The number of methoxy groups -OCH3 is 1. The quantitative estimate of drug-likeness (QED) is 0.311. The molecule has 0 atom stereocenters. The lowest BCUT2D eigenvalue weighted by atomic mass is 10.1. The molecule has 4 aromatic rings. The van der Waals surface area contributed by atoms with Gasteiger partial charge in [-0.15, -0.1) is 0 Å². The number of fused-ring (bicyclic) bond motifs is 1. The van der Waals surface area contributed by atoms with Crippen LogP contribution in [0.5, 0.6) is 11.5 Å². The van der Waals surface area contributed by atoms with E-state index in [2.05, 4.69) is 45.1 Å². The van der Waals surface area contributed by atoms with Gasteiger partial charge in [0.1, 0.15) is 12.4 Å². The van der Waals surface area contributed by atoms with Crippen molar-refractivity contribution in [3.63, 3.8) is 0 Å². The lowest BCUT2D eigenvalue weighted by molar-refractivity contribution is 0.284. The zero-order valence-corrected chi connectivity index (χ0v) is 20.3. The Morgan fingerprint density at radius 2 is 1.94 bits per heavy atom. The van der Waals surface area contributed by atoms with Gasteiger partial charge in [-0.05, 0) is 54.4 Å². The van der Waals surface area contributed by atoms with Gasteiger partial charge < -0.3 is 9.47 Å². The Morgan fingerprint density at radius 1 is 1.09 bits per heavy atom. The Labute approximate surface area is 200 Å². The molecule has 0 N–H and O–H groups in total. The van der Waals surface area contributed by atoms with Crippen LogP contribution in [0, 0.1) is 6.92 Å². The zero-order valence-electron chi connectivity index (χ0n) is 18.7. The van der Waals surface area contributed by atoms with Crippen molar-refractivity contribution in [1.29, 1.82) is 0 Å². The Kier molecular flexibility index (Phi) is 6.89. The predicted octanol–water partition coefficient (Wildman–Crippen LogP) is 5.50. The van der Waals surface area contributed by atoms with Crippen LogP contribution < -0.4 is 15.0 Å². The van der Waals surface area contributed by atoms with Crippen LogP contribution in [-0.2, 0) is 13.0 Å². The molecule has 1 heterocycles. The Bertz CT molecular complexity index is 1400. The summed E-state index contributed by atoms with van der Waals surface area (Å²) in [6.45, 7) is 4.44. The molecule has 0 saturated carbocycles. The highest BCUT2D eigenvalue weighted by Crippen LogP contribution is 2.28. The first-order chi connectivity index (χ1) is 16.0. The molecule has 6 nitrogen and oxygen atoms in total. The summed E-state index contributed by atoms with van der Waals surface area (Å²) in [5, 5.41) is 4.95. The van der Waals surface area contributed by atoms with Crippen molar-refractivity contribution in [1.82, 2.24) is 9.66 Å². The van der Waals surface area contributed by atoms with E-state index in [0.29, 0.717) is 41.3 Å². The topological polar surface area (TPSA) is 65.7 Å². The van der Waals surface area contributed by atoms with Crippen LogP contribution >= 0.6 is 15.9 Å². The number of aromatic nitrogens is 2. The molecule has 168 valence electrons. The van der Waals surface area contributed by atoms with Crippen LogP contribution in [0.4, 0.5) is 0 Å². The average Bonchev–Trinajstić information content (AvgIpc) is 2.82. The Morgan fingerprint density at radius 3 is 2.70 bits per heavy atom. The van der Waals surface area contributed by atoms with E-state index in [9.17, 15) is 4.79 Å². The van der Waals surface area contributed by atoms with Gasteiger partial charge >= 0.3 is 0 Å². The first-order valence-corrected chi connectivity index (χ1v) is 11.4. The molecule has 3 aromatic carbocycles. The summed E-state index contributed by atoms with van der Waals surface area (Å²) in [6.07, 6.45) is 2.20. The summed E-state index contributed by atoms with van der Waals surface area (Å²) in [6, 6.07) is 19.2. The molecule has 0 bridgehead atoms. The molecule has 7 heteroatoms. The summed E-state index contributed by atoms with van der Waals surface area (Å²) in [5.74, 6) is 1.83. The molecule has 0 aliphatic carbocycles. The minimum atomic E-state index is -0.209. The fourth-order valence-corrected chi connectivity index (χ4v) is 3.87. The van der Waals surface area contributed by atoms with Gasteiger partial charge in [0.15, 0.2) is 11.5 Å². The van der Waals surface area contributed by atoms with Crippen molar-refractivity contribution < 1.29 is 9.47 Å². The third-order valence-corrected chi connectivity index (χ3v) is 5.67. The summed E-state index contributed by atoms with van der Waals surface area (Å²) >= 11 is 3.42. The second-order valence-electron chi connectivity index (χ2n) is 7.59. The molecule has 0 spiro atoms. The SMILES string of the molecule is CCc1nc2ccc(Br)cc2c(=O)n1N=Cc1ccc(OCc2cccc(C)c2)c(OC)c1. The second kappa shape index (κ2) is 10.0. The largest absolute Gasteiger partial charge is 0.493 e. The van der Waals surface area contributed by atoms with Crippen molar-refractivity contribution in [3.05, 3.63) is 98.0 Å². The molecule has 0 fully saturated rings. The smallest absolute Gasteiger partial charge is 0.282 e. The first kappa shape index (κ1) is 22.7. The first-order valence-electron chi connectivity index (χ1n) is 10.6. The van der Waals surface area contributed by atoms with Crippen molar-refractivity contribution in [2.45, 2.75) is 26.9 Å². The summed E-state index contributed by atoms with van der Waals surface area (Å²) in [4.78, 5) is 17.6. The highest BCUT2D eigenvalue weighted by atomic mass is 79.9. The van der Waals surface area contributed by atoms with Gasteiger partial charge in [0.05, 0.1) is 24.2 Å². The fourth-order valence-electron chi connectivity index (χ4n) is 3.51. The van der Waals surface area contributed by atoms with E-state index in [-0.39, 0.29) is 5.56 Å². The van der Waals surface area contributed by atoms with Crippen LogP contribution in [0.15, 0.2) is 75.0 Å². The number of rotatable bonds is 7. The number of hydrogen-bond donors (Lipinski definition) is 0. The van der Waals surface area contributed by atoms with E-state index < -0.39 is 0 Å². The van der Waals surface area contributed by atoms with Gasteiger partial charge in [-0.25, -0.2) is 4.98 Å². The molecule has 0 amide bonds. The van der Waals surface area contributed by atoms with Gasteiger partial charge in [-0.1, -0.05) is 52.7 Å².